The third-order valence-corrected chi connectivity index (χ3v) is 3.79. The van der Waals surface area contributed by atoms with E-state index in [4.69, 9.17) is 4.74 Å². The van der Waals surface area contributed by atoms with E-state index in [-0.39, 0.29) is 30.6 Å². The number of alkyl carbamates (subject to hydrolysis) is 1. The lowest BCUT2D eigenvalue weighted by atomic mass is 10.1. The van der Waals surface area contributed by atoms with Gasteiger partial charge in [-0.2, -0.15) is 0 Å². The third kappa shape index (κ3) is 4.79. The highest BCUT2D eigenvalue weighted by Gasteiger charge is 2.36. The summed E-state index contributed by atoms with van der Waals surface area (Å²) in [6.07, 6.45) is -0.200. The zero-order chi connectivity index (χ0) is 18.8. The SMILES string of the molecule is CC(C)(C)OC(=O)NC1CC(CO)N(c2ccc(F)cc2[N+](=O)[O-])C1. The van der Waals surface area contributed by atoms with Crippen molar-refractivity contribution in [2.24, 2.45) is 0 Å². The zero-order valence-electron chi connectivity index (χ0n) is 14.4. The summed E-state index contributed by atoms with van der Waals surface area (Å²) in [5, 5.41) is 23.5. The molecule has 25 heavy (non-hydrogen) atoms. The lowest BCUT2D eigenvalue weighted by molar-refractivity contribution is -0.384. The Morgan fingerprint density at radius 3 is 2.76 bits per heavy atom. The van der Waals surface area contributed by atoms with Crippen molar-refractivity contribution in [1.29, 1.82) is 0 Å². The number of ether oxygens (including phenoxy) is 1. The Hall–Kier alpha value is -2.42. The summed E-state index contributed by atoms with van der Waals surface area (Å²) in [6, 6.07) is 2.51. The number of hydrogen-bond acceptors (Lipinski definition) is 6. The molecule has 1 aromatic carbocycles. The summed E-state index contributed by atoms with van der Waals surface area (Å²) in [5.74, 6) is -0.710. The highest BCUT2D eigenvalue weighted by molar-refractivity contribution is 5.69. The Morgan fingerprint density at radius 2 is 2.20 bits per heavy atom. The van der Waals surface area contributed by atoms with E-state index >= 15 is 0 Å². The number of carbonyl (C=O) groups excluding carboxylic acids is 1. The molecule has 9 heteroatoms. The molecule has 2 rings (SSSR count). The Labute approximate surface area is 144 Å². The fourth-order valence-electron chi connectivity index (χ4n) is 2.85. The molecule has 0 aliphatic carbocycles. The average molecular weight is 355 g/mol. The van der Waals surface area contributed by atoms with Gasteiger partial charge in [0.05, 0.1) is 29.7 Å². The highest BCUT2D eigenvalue weighted by Crippen LogP contribution is 2.34. The molecule has 1 amide bonds. The summed E-state index contributed by atoms with van der Waals surface area (Å²) < 4.78 is 18.5. The van der Waals surface area contributed by atoms with Gasteiger partial charge < -0.3 is 20.1 Å². The van der Waals surface area contributed by atoms with Gasteiger partial charge in [-0.1, -0.05) is 0 Å². The topological polar surface area (TPSA) is 105 Å². The van der Waals surface area contributed by atoms with Crippen LogP contribution in [0.3, 0.4) is 0 Å². The second-order valence-electron chi connectivity index (χ2n) is 6.96. The minimum Gasteiger partial charge on any atom is -0.444 e. The van der Waals surface area contributed by atoms with Gasteiger partial charge in [0, 0.05) is 6.54 Å². The van der Waals surface area contributed by atoms with Crippen LogP contribution in [0.4, 0.5) is 20.6 Å². The van der Waals surface area contributed by atoms with Crippen LogP contribution in [-0.2, 0) is 4.74 Å². The van der Waals surface area contributed by atoms with E-state index in [1.165, 1.54) is 6.07 Å². The Bertz CT molecular complexity index is 662. The summed E-state index contributed by atoms with van der Waals surface area (Å²) in [6.45, 7) is 5.22. The second-order valence-corrected chi connectivity index (χ2v) is 6.96. The first-order chi connectivity index (χ1) is 11.6. The average Bonchev–Trinajstić information content (AvgIpc) is 2.87. The number of hydrogen-bond donors (Lipinski definition) is 2. The number of nitro groups is 1. The normalized spacial score (nSPS) is 20.4. The summed E-state index contributed by atoms with van der Waals surface area (Å²) in [5.41, 5.74) is -0.815. The van der Waals surface area contributed by atoms with E-state index in [0.29, 0.717) is 6.42 Å². The largest absolute Gasteiger partial charge is 0.444 e. The van der Waals surface area contributed by atoms with Gasteiger partial charge in [-0.3, -0.25) is 10.1 Å². The van der Waals surface area contributed by atoms with Gasteiger partial charge >= 0.3 is 6.09 Å². The van der Waals surface area contributed by atoms with Gasteiger partial charge in [-0.05, 0) is 39.3 Å². The highest BCUT2D eigenvalue weighted by atomic mass is 19.1. The smallest absolute Gasteiger partial charge is 0.407 e. The van der Waals surface area contributed by atoms with E-state index in [1.807, 2.05) is 0 Å². The molecule has 0 bridgehead atoms. The molecule has 0 saturated carbocycles. The lowest BCUT2D eigenvalue weighted by Crippen LogP contribution is -2.40. The van der Waals surface area contributed by atoms with Gasteiger partial charge in [-0.25, -0.2) is 9.18 Å². The lowest BCUT2D eigenvalue weighted by Gasteiger charge is -2.25. The van der Waals surface area contributed by atoms with Gasteiger partial charge in [0.2, 0.25) is 0 Å². The van der Waals surface area contributed by atoms with E-state index in [1.54, 1.807) is 25.7 Å². The van der Waals surface area contributed by atoms with Crippen molar-refractivity contribution in [3.05, 3.63) is 34.1 Å². The molecular weight excluding hydrogens is 333 g/mol. The van der Waals surface area contributed by atoms with Crippen molar-refractivity contribution in [2.45, 2.75) is 44.9 Å². The van der Waals surface area contributed by atoms with Crippen LogP contribution in [0.1, 0.15) is 27.2 Å². The number of aliphatic hydroxyl groups is 1. The van der Waals surface area contributed by atoms with E-state index in [0.717, 1.165) is 12.1 Å². The number of nitrogens with one attached hydrogen (secondary N) is 1. The van der Waals surface area contributed by atoms with E-state index in [2.05, 4.69) is 5.32 Å². The van der Waals surface area contributed by atoms with Crippen LogP contribution in [0.2, 0.25) is 0 Å². The van der Waals surface area contributed by atoms with E-state index in [9.17, 15) is 24.4 Å². The van der Waals surface area contributed by atoms with Crippen LogP contribution in [0.5, 0.6) is 0 Å². The first kappa shape index (κ1) is 18.9. The standard InChI is InChI=1S/C16H22FN3O5/c1-16(2,3)25-15(22)18-11-7-12(9-21)19(8-11)13-5-4-10(17)6-14(13)20(23)24/h4-6,11-12,21H,7-9H2,1-3H3,(H,18,22). The van der Waals surface area contributed by atoms with Crippen LogP contribution in [0.15, 0.2) is 18.2 Å². The maximum Gasteiger partial charge on any atom is 0.407 e. The molecule has 0 radical (unpaired) electrons. The molecule has 1 saturated heterocycles. The number of amides is 1. The summed E-state index contributed by atoms with van der Waals surface area (Å²) in [7, 11) is 0. The molecule has 0 aromatic heterocycles. The molecule has 2 unspecified atom stereocenters. The Balaban J connectivity index is 2.17. The molecule has 2 N–H and O–H groups in total. The molecule has 8 nitrogen and oxygen atoms in total. The molecule has 1 aliphatic rings. The predicted octanol–water partition coefficient (Wildman–Crippen LogP) is 2.20. The number of anilines is 1. The number of halogens is 1. The summed E-state index contributed by atoms with van der Waals surface area (Å²) in [4.78, 5) is 24.0. The Kier molecular flexibility index (Phi) is 5.46. The fraction of sp³-hybridized carbons (Fsp3) is 0.562. The van der Waals surface area contributed by atoms with Crippen molar-refractivity contribution >= 4 is 17.5 Å². The van der Waals surface area contributed by atoms with Crippen molar-refractivity contribution in [1.82, 2.24) is 5.32 Å². The van der Waals surface area contributed by atoms with Gasteiger partial charge in [0.1, 0.15) is 17.1 Å². The molecule has 2 atom stereocenters. The predicted molar refractivity (Wildman–Crippen MR) is 89.0 cm³/mol. The first-order valence-corrected chi connectivity index (χ1v) is 7.91. The summed E-state index contributed by atoms with van der Waals surface area (Å²) >= 11 is 0. The quantitative estimate of drug-likeness (QED) is 0.634. The first-order valence-electron chi connectivity index (χ1n) is 7.91. The molecule has 138 valence electrons. The number of nitrogens with zero attached hydrogens (tertiary/aromatic N) is 2. The molecule has 1 fully saturated rings. The molecular formula is C16H22FN3O5. The molecule has 1 aliphatic heterocycles. The van der Waals surface area contributed by atoms with Gasteiger partial charge in [-0.15, -0.1) is 0 Å². The number of carbonyl (C=O) groups is 1. The van der Waals surface area contributed by atoms with Crippen molar-refractivity contribution in [2.75, 3.05) is 18.1 Å². The second kappa shape index (κ2) is 7.22. The van der Waals surface area contributed by atoms with Crippen LogP contribution < -0.4 is 10.2 Å². The van der Waals surface area contributed by atoms with Crippen LogP contribution in [0, 0.1) is 15.9 Å². The number of nitro benzene ring substituents is 1. The minimum absolute atomic E-state index is 0.207. The molecule has 1 heterocycles. The number of rotatable bonds is 4. The number of benzene rings is 1. The number of aliphatic hydroxyl groups excluding tert-OH is 1. The third-order valence-electron chi connectivity index (χ3n) is 3.79. The molecule has 0 spiro atoms. The van der Waals surface area contributed by atoms with Gasteiger partial charge in [0.25, 0.3) is 5.69 Å². The van der Waals surface area contributed by atoms with Crippen molar-refractivity contribution < 1.29 is 24.0 Å². The van der Waals surface area contributed by atoms with E-state index < -0.39 is 28.5 Å². The van der Waals surface area contributed by atoms with Crippen molar-refractivity contribution in [3.8, 4) is 0 Å². The monoisotopic (exact) mass is 355 g/mol. The van der Waals surface area contributed by atoms with Crippen LogP contribution in [-0.4, -0.2) is 47.0 Å². The minimum atomic E-state index is -0.710. The maximum absolute atomic E-state index is 13.3. The molecule has 1 aromatic rings. The van der Waals surface area contributed by atoms with Crippen molar-refractivity contribution in [3.63, 3.8) is 0 Å². The van der Waals surface area contributed by atoms with Gasteiger partial charge in [0.15, 0.2) is 0 Å². The van der Waals surface area contributed by atoms with Crippen LogP contribution >= 0.6 is 0 Å². The van der Waals surface area contributed by atoms with Crippen LogP contribution in [0.25, 0.3) is 0 Å². The maximum atomic E-state index is 13.3. The zero-order valence-corrected chi connectivity index (χ0v) is 14.4. The fourth-order valence-corrected chi connectivity index (χ4v) is 2.85. The Morgan fingerprint density at radius 1 is 1.52 bits per heavy atom.